The van der Waals surface area contributed by atoms with Crippen molar-refractivity contribution in [1.82, 2.24) is 4.90 Å². The number of carboxylic acids is 1. The van der Waals surface area contributed by atoms with Crippen LogP contribution in [0, 0.1) is 11.7 Å². The Morgan fingerprint density at radius 1 is 1.50 bits per heavy atom. The highest BCUT2D eigenvalue weighted by molar-refractivity contribution is 6.30. The summed E-state index contributed by atoms with van der Waals surface area (Å²) in [5.41, 5.74) is 0.0566. The fraction of sp³-hybridized carbons (Fsp3) is 0.385. The summed E-state index contributed by atoms with van der Waals surface area (Å²) in [4.78, 5) is 24.1. The largest absolute Gasteiger partial charge is 0.481 e. The van der Waals surface area contributed by atoms with E-state index in [2.05, 4.69) is 5.32 Å². The van der Waals surface area contributed by atoms with Crippen LogP contribution >= 0.6 is 11.6 Å². The molecule has 1 fully saturated rings. The molecule has 0 bridgehead atoms. The second-order valence-corrected chi connectivity index (χ2v) is 5.19. The molecule has 2 N–H and O–H groups in total. The number of aliphatic carboxylic acids is 1. The third-order valence-electron chi connectivity index (χ3n) is 3.21. The molecule has 0 saturated carbocycles. The van der Waals surface area contributed by atoms with Crippen molar-refractivity contribution in [2.75, 3.05) is 18.4 Å². The van der Waals surface area contributed by atoms with Gasteiger partial charge in [0.2, 0.25) is 0 Å². The molecule has 1 atom stereocenters. The highest BCUT2D eigenvalue weighted by Gasteiger charge is 2.28. The maximum atomic E-state index is 13.6. The summed E-state index contributed by atoms with van der Waals surface area (Å²) in [5.74, 6) is -1.53. The van der Waals surface area contributed by atoms with E-state index in [4.69, 9.17) is 16.7 Å². The van der Waals surface area contributed by atoms with Gasteiger partial charge in [-0.2, -0.15) is 0 Å². The minimum absolute atomic E-state index is 0.0408. The van der Waals surface area contributed by atoms with Gasteiger partial charge in [-0.1, -0.05) is 11.6 Å². The predicted octanol–water partition coefficient (Wildman–Crippen LogP) is 2.81. The van der Waals surface area contributed by atoms with Gasteiger partial charge in [-0.15, -0.1) is 0 Å². The van der Waals surface area contributed by atoms with Crippen molar-refractivity contribution < 1.29 is 19.1 Å². The molecule has 0 radical (unpaired) electrons. The SMILES string of the molecule is O=C(O)CC1CCN(C(=O)Nc2ccc(Cl)cc2F)C1. The second-order valence-electron chi connectivity index (χ2n) is 4.75. The van der Waals surface area contributed by atoms with Gasteiger partial charge in [0.05, 0.1) is 5.69 Å². The first-order valence-corrected chi connectivity index (χ1v) is 6.56. The van der Waals surface area contributed by atoms with Gasteiger partial charge < -0.3 is 15.3 Å². The fourth-order valence-electron chi connectivity index (χ4n) is 2.22. The Morgan fingerprint density at radius 2 is 2.25 bits per heavy atom. The van der Waals surface area contributed by atoms with E-state index < -0.39 is 17.8 Å². The van der Waals surface area contributed by atoms with Crippen LogP contribution in [-0.2, 0) is 4.79 Å². The first-order chi connectivity index (χ1) is 9.45. The van der Waals surface area contributed by atoms with Crippen LogP contribution in [0.3, 0.4) is 0 Å². The Morgan fingerprint density at radius 3 is 2.90 bits per heavy atom. The topological polar surface area (TPSA) is 69.6 Å². The Kier molecular flexibility index (Phi) is 4.44. The number of anilines is 1. The van der Waals surface area contributed by atoms with E-state index in [9.17, 15) is 14.0 Å². The quantitative estimate of drug-likeness (QED) is 0.902. The summed E-state index contributed by atoms with van der Waals surface area (Å²) in [5, 5.41) is 11.4. The molecule has 1 unspecified atom stereocenters. The van der Waals surface area contributed by atoms with Crippen LogP contribution in [0.5, 0.6) is 0 Å². The van der Waals surface area contributed by atoms with Gasteiger partial charge in [0, 0.05) is 24.5 Å². The zero-order valence-corrected chi connectivity index (χ0v) is 11.4. The number of amides is 2. The number of hydrogen-bond acceptors (Lipinski definition) is 2. The lowest BCUT2D eigenvalue weighted by Gasteiger charge is -2.17. The first kappa shape index (κ1) is 14.6. The summed E-state index contributed by atoms with van der Waals surface area (Å²) >= 11 is 5.63. The van der Waals surface area contributed by atoms with Crippen molar-refractivity contribution in [2.24, 2.45) is 5.92 Å². The zero-order valence-electron chi connectivity index (χ0n) is 10.6. The van der Waals surface area contributed by atoms with E-state index in [-0.39, 0.29) is 23.0 Å². The Labute approximate surface area is 120 Å². The molecule has 5 nitrogen and oxygen atoms in total. The normalized spacial score (nSPS) is 18.1. The van der Waals surface area contributed by atoms with Gasteiger partial charge in [-0.25, -0.2) is 9.18 Å². The molecule has 0 aliphatic carbocycles. The van der Waals surface area contributed by atoms with Crippen molar-refractivity contribution in [1.29, 1.82) is 0 Å². The molecule has 2 amide bonds. The van der Waals surface area contributed by atoms with Gasteiger partial charge in [0.1, 0.15) is 5.82 Å². The van der Waals surface area contributed by atoms with Crippen molar-refractivity contribution >= 4 is 29.3 Å². The fourth-order valence-corrected chi connectivity index (χ4v) is 2.37. The van der Waals surface area contributed by atoms with Gasteiger partial charge in [-0.05, 0) is 30.5 Å². The molecule has 2 rings (SSSR count). The van der Waals surface area contributed by atoms with Crippen LogP contribution in [0.4, 0.5) is 14.9 Å². The first-order valence-electron chi connectivity index (χ1n) is 6.18. The number of likely N-dealkylation sites (tertiary alicyclic amines) is 1. The predicted molar refractivity (Wildman–Crippen MR) is 72.4 cm³/mol. The highest BCUT2D eigenvalue weighted by Crippen LogP contribution is 2.22. The number of carbonyl (C=O) groups is 2. The van der Waals surface area contributed by atoms with E-state index in [1.165, 1.54) is 17.0 Å². The standard InChI is InChI=1S/C13H14ClFN2O3/c14-9-1-2-11(10(15)6-9)16-13(20)17-4-3-8(7-17)5-12(18)19/h1-2,6,8H,3-5,7H2,(H,16,20)(H,18,19). The van der Waals surface area contributed by atoms with Crippen LogP contribution in [0.2, 0.25) is 5.02 Å². The Balaban J connectivity index is 1.94. The zero-order chi connectivity index (χ0) is 14.7. The Bertz CT molecular complexity index is 538. The summed E-state index contributed by atoms with van der Waals surface area (Å²) < 4.78 is 13.6. The number of benzene rings is 1. The third-order valence-corrected chi connectivity index (χ3v) is 3.44. The number of nitrogens with zero attached hydrogens (tertiary/aromatic N) is 1. The van der Waals surface area contributed by atoms with E-state index >= 15 is 0 Å². The lowest BCUT2D eigenvalue weighted by Crippen LogP contribution is -2.33. The number of hydrogen-bond donors (Lipinski definition) is 2. The van der Waals surface area contributed by atoms with E-state index in [1.54, 1.807) is 0 Å². The number of carboxylic acid groups (broad SMARTS) is 1. The molecular weight excluding hydrogens is 287 g/mol. The van der Waals surface area contributed by atoms with Crippen LogP contribution in [-0.4, -0.2) is 35.1 Å². The summed E-state index contributed by atoms with van der Waals surface area (Å²) in [6.07, 6.45) is 0.682. The van der Waals surface area contributed by atoms with Gasteiger partial charge in [0.15, 0.2) is 0 Å². The molecular formula is C13H14ClFN2O3. The molecule has 7 heteroatoms. The van der Waals surface area contributed by atoms with E-state index in [0.29, 0.717) is 19.5 Å². The minimum Gasteiger partial charge on any atom is -0.481 e. The minimum atomic E-state index is -0.874. The van der Waals surface area contributed by atoms with Gasteiger partial charge >= 0.3 is 12.0 Å². The van der Waals surface area contributed by atoms with Crippen molar-refractivity contribution in [3.05, 3.63) is 29.0 Å². The monoisotopic (exact) mass is 300 g/mol. The van der Waals surface area contributed by atoms with Crippen molar-refractivity contribution in [3.8, 4) is 0 Å². The maximum absolute atomic E-state index is 13.6. The molecule has 1 aliphatic rings. The molecule has 1 saturated heterocycles. The summed E-state index contributed by atoms with van der Waals surface area (Å²) in [6.45, 7) is 0.840. The number of carbonyl (C=O) groups excluding carboxylic acids is 1. The smallest absolute Gasteiger partial charge is 0.321 e. The van der Waals surface area contributed by atoms with Crippen LogP contribution in [0.1, 0.15) is 12.8 Å². The van der Waals surface area contributed by atoms with Crippen LogP contribution in [0.15, 0.2) is 18.2 Å². The number of urea groups is 1. The van der Waals surface area contributed by atoms with Crippen molar-refractivity contribution in [2.45, 2.75) is 12.8 Å². The number of rotatable bonds is 3. The van der Waals surface area contributed by atoms with E-state index in [0.717, 1.165) is 6.07 Å². The number of halogens is 2. The molecule has 1 aromatic rings. The molecule has 1 heterocycles. The van der Waals surface area contributed by atoms with Crippen LogP contribution < -0.4 is 5.32 Å². The van der Waals surface area contributed by atoms with E-state index in [1.807, 2.05) is 0 Å². The molecule has 0 aromatic heterocycles. The second kappa shape index (κ2) is 6.09. The van der Waals surface area contributed by atoms with Gasteiger partial charge in [-0.3, -0.25) is 4.79 Å². The third kappa shape index (κ3) is 3.60. The van der Waals surface area contributed by atoms with Crippen molar-refractivity contribution in [3.63, 3.8) is 0 Å². The highest BCUT2D eigenvalue weighted by atomic mass is 35.5. The average Bonchev–Trinajstić information content (AvgIpc) is 2.80. The molecule has 1 aromatic carbocycles. The Hall–Kier alpha value is -1.82. The molecule has 0 spiro atoms. The lowest BCUT2D eigenvalue weighted by molar-refractivity contribution is -0.138. The lowest BCUT2D eigenvalue weighted by atomic mass is 10.1. The van der Waals surface area contributed by atoms with Gasteiger partial charge in [0.25, 0.3) is 0 Å². The van der Waals surface area contributed by atoms with Crippen LogP contribution in [0.25, 0.3) is 0 Å². The maximum Gasteiger partial charge on any atom is 0.321 e. The number of nitrogens with one attached hydrogen (secondary N) is 1. The molecule has 108 valence electrons. The summed E-state index contributed by atoms with van der Waals surface area (Å²) in [6, 6.07) is 3.56. The molecule has 20 heavy (non-hydrogen) atoms. The summed E-state index contributed by atoms with van der Waals surface area (Å²) in [7, 11) is 0. The average molecular weight is 301 g/mol. The molecule has 1 aliphatic heterocycles.